The maximum Gasteiger partial charge on any atom is 1.00 e. The molecule has 11 heteroatoms. The van der Waals surface area contributed by atoms with E-state index in [1.807, 2.05) is 0 Å². The first-order valence-electron chi connectivity index (χ1n) is 4.79. The van der Waals surface area contributed by atoms with E-state index in [1.165, 1.54) is 6.08 Å². The quantitative estimate of drug-likeness (QED) is 0.477. The van der Waals surface area contributed by atoms with Crippen molar-refractivity contribution in [2.24, 2.45) is 0 Å². The van der Waals surface area contributed by atoms with Crippen molar-refractivity contribution < 1.29 is 50.9 Å². The van der Waals surface area contributed by atoms with Gasteiger partial charge in [-0.15, -0.1) is 0 Å². The van der Waals surface area contributed by atoms with Crippen molar-refractivity contribution in [3.05, 3.63) is 16.2 Å². The van der Waals surface area contributed by atoms with Crippen molar-refractivity contribution in [2.45, 2.75) is 12.8 Å². The summed E-state index contributed by atoms with van der Waals surface area (Å²) in [7, 11) is -7.86. The third-order valence-electron chi connectivity index (χ3n) is 2.34. The number of anilines is 1. The van der Waals surface area contributed by atoms with Gasteiger partial charge in [-0.3, -0.25) is 4.72 Å². The minimum atomic E-state index is -4.46. The van der Waals surface area contributed by atoms with Crippen LogP contribution in [0.25, 0.3) is 6.08 Å². The van der Waals surface area contributed by atoms with Crippen LogP contribution < -0.4 is 34.3 Å². The molecule has 0 fully saturated rings. The van der Waals surface area contributed by atoms with E-state index in [9.17, 15) is 21.4 Å². The van der Waals surface area contributed by atoms with Gasteiger partial charge >= 0.3 is 29.6 Å². The normalized spacial score (nSPS) is 15.2. The van der Waals surface area contributed by atoms with Crippen LogP contribution in [0.15, 0.2) is 4.91 Å². The van der Waals surface area contributed by atoms with Crippen molar-refractivity contribution in [3.63, 3.8) is 0 Å². The van der Waals surface area contributed by atoms with E-state index in [4.69, 9.17) is 0 Å². The van der Waals surface area contributed by atoms with Crippen LogP contribution in [0.2, 0.25) is 0 Å². The first kappa shape index (κ1) is 17.1. The summed E-state index contributed by atoms with van der Waals surface area (Å²) in [6.45, 7) is 0. The molecule has 1 N–H and O–H groups in total. The second-order valence-corrected chi connectivity index (χ2v) is 7.77. The predicted molar refractivity (Wildman–Crippen MR) is 66.6 cm³/mol. The first-order chi connectivity index (χ1) is 8.17. The van der Waals surface area contributed by atoms with Crippen LogP contribution in [0.4, 0.5) is 5.00 Å². The van der Waals surface area contributed by atoms with Crippen molar-refractivity contribution >= 4 is 42.8 Å². The number of hydrogen-bond donors (Lipinski definition) is 1. The molecule has 0 radical (unpaired) electrons. The average Bonchev–Trinajstić information content (AvgIpc) is 2.57. The van der Waals surface area contributed by atoms with Gasteiger partial charge in [-0.1, -0.05) is 0 Å². The van der Waals surface area contributed by atoms with Crippen LogP contribution in [-0.4, -0.2) is 32.0 Å². The molecule has 0 aliphatic heterocycles. The number of hydrogen-bond acceptors (Lipinski definition) is 7. The molecule has 1 aliphatic rings. The fourth-order valence-corrected chi connectivity index (χ4v) is 3.94. The summed E-state index contributed by atoms with van der Waals surface area (Å²) in [5.74, 6) is 0. The monoisotopic (exact) mass is 332 g/mol. The van der Waals surface area contributed by atoms with Crippen LogP contribution in [0.1, 0.15) is 17.7 Å². The summed E-state index contributed by atoms with van der Waals surface area (Å²) in [6, 6.07) is 0. The second kappa shape index (κ2) is 5.80. The van der Waals surface area contributed by atoms with E-state index in [1.54, 1.807) is 0 Å². The molecule has 1 heterocycles. The summed E-state index contributed by atoms with van der Waals surface area (Å²) < 4.78 is 61.1. The number of allylic oxidation sites excluding steroid dienone is 1. The van der Waals surface area contributed by atoms with Gasteiger partial charge in [-0.25, -0.2) is 16.8 Å². The van der Waals surface area contributed by atoms with Crippen molar-refractivity contribution in [1.29, 1.82) is 0 Å². The van der Waals surface area contributed by atoms with E-state index >= 15 is 0 Å². The van der Waals surface area contributed by atoms with Crippen LogP contribution in [-0.2, 0) is 26.6 Å². The molecule has 0 saturated heterocycles. The van der Waals surface area contributed by atoms with Crippen molar-refractivity contribution in [2.75, 3.05) is 11.0 Å². The molecule has 1 aromatic rings. The van der Waals surface area contributed by atoms with Crippen LogP contribution in [0.5, 0.6) is 0 Å². The van der Waals surface area contributed by atoms with Gasteiger partial charge in [0.05, 0.1) is 11.9 Å². The van der Waals surface area contributed by atoms with Gasteiger partial charge in [-0.2, -0.15) is 4.37 Å². The van der Waals surface area contributed by atoms with E-state index in [0.29, 0.717) is 16.3 Å². The molecule has 0 amide bonds. The maximum atomic E-state index is 11.1. The minimum absolute atomic E-state index is 0. The fourth-order valence-electron chi connectivity index (χ4n) is 1.60. The van der Waals surface area contributed by atoms with Gasteiger partial charge in [0, 0.05) is 10.5 Å². The number of fused-ring (bicyclic) bond motifs is 1. The van der Waals surface area contributed by atoms with E-state index in [2.05, 4.69) is 9.10 Å². The Balaban J connectivity index is 0.00000180. The Bertz CT molecular complexity index is 720. The summed E-state index contributed by atoms with van der Waals surface area (Å²) in [5.41, 5.74) is 0.963. The van der Waals surface area contributed by atoms with Crippen molar-refractivity contribution in [3.8, 4) is 0 Å². The predicted octanol–water partition coefficient (Wildman–Crippen LogP) is -2.65. The Labute approximate surface area is 137 Å². The Morgan fingerprint density at radius 2 is 1.95 bits per heavy atom. The van der Waals surface area contributed by atoms with Gasteiger partial charge in [-0.05, 0) is 30.5 Å². The summed E-state index contributed by atoms with van der Waals surface area (Å²) in [4.78, 5) is -0.216. The SMILES string of the molecule is CS(=O)(=O)Nc1snc2c1CCC(S(=O)(=O)[O-])=C2.[Na+]. The van der Waals surface area contributed by atoms with Gasteiger partial charge in [0.15, 0.2) is 0 Å². The number of sulfonamides is 1. The maximum absolute atomic E-state index is 11.1. The molecular formula is C8H9N2NaO5S3. The van der Waals surface area contributed by atoms with Gasteiger partial charge in [0.25, 0.3) is 0 Å². The van der Waals surface area contributed by atoms with Gasteiger partial charge < -0.3 is 4.55 Å². The molecule has 0 spiro atoms. The van der Waals surface area contributed by atoms with Crippen molar-refractivity contribution in [1.82, 2.24) is 4.37 Å². The summed E-state index contributed by atoms with van der Waals surface area (Å²) >= 11 is 0.923. The molecule has 1 aromatic heterocycles. The Hall–Kier alpha value is 0.0300. The average molecular weight is 332 g/mol. The molecule has 100 valence electrons. The molecule has 0 aromatic carbocycles. The Morgan fingerprint density at radius 3 is 2.47 bits per heavy atom. The Morgan fingerprint density at radius 1 is 1.32 bits per heavy atom. The summed E-state index contributed by atoms with van der Waals surface area (Å²) in [5, 5.41) is 0.367. The van der Waals surface area contributed by atoms with Gasteiger partial charge in [0.2, 0.25) is 10.0 Å². The van der Waals surface area contributed by atoms with E-state index < -0.39 is 20.1 Å². The number of nitrogens with one attached hydrogen (secondary N) is 1. The zero-order valence-corrected chi connectivity index (χ0v) is 14.7. The summed E-state index contributed by atoms with van der Waals surface area (Å²) in [6.07, 6.45) is 2.56. The van der Waals surface area contributed by atoms with Crippen LogP contribution in [0.3, 0.4) is 0 Å². The zero-order valence-electron chi connectivity index (χ0n) is 10.2. The number of nitrogens with zero attached hydrogens (tertiary/aromatic N) is 1. The largest absolute Gasteiger partial charge is 1.00 e. The van der Waals surface area contributed by atoms with Crippen LogP contribution >= 0.6 is 11.5 Å². The van der Waals surface area contributed by atoms with E-state index in [0.717, 1.165) is 17.8 Å². The fraction of sp³-hybridized carbons (Fsp3) is 0.375. The molecular weight excluding hydrogens is 323 g/mol. The smallest absolute Gasteiger partial charge is 0.744 e. The molecule has 0 bridgehead atoms. The zero-order chi connectivity index (χ0) is 13.6. The molecule has 1 aliphatic carbocycles. The molecule has 0 atom stereocenters. The Kier molecular flexibility index (Phi) is 5.21. The third-order valence-corrected chi connectivity index (χ3v) is 4.82. The molecule has 7 nitrogen and oxygen atoms in total. The minimum Gasteiger partial charge on any atom is -0.744 e. The molecule has 2 rings (SSSR count). The van der Waals surface area contributed by atoms with E-state index in [-0.39, 0.29) is 47.3 Å². The molecule has 0 saturated carbocycles. The number of rotatable bonds is 3. The second-order valence-electron chi connectivity index (χ2n) is 3.81. The third kappa shape index (κ3) is 4.25. The van der Waals surface area contributed by atoms with Gasteiger partial charge in [0.1, 0.15) is 15.1 Å². The van der Waals surface area contributed by atoms with Crippen LogP contribution in [0, 0.1) is 0 Å². The topological polar surface area (TPSA) is 116 Å². The first-order valence-corrected chi connectivity index (χ1v) is 8.87. The molecule has 19 heavy (non-hydrogen) atoms. The number of aromatic nitrogens is 1. The molecule has 0 unspecified atom stereocenters. The standard InChI is InChI=1S/C8H10N2O5S3.Na/c1-17(11,12)10-8-6-3-2-5(18(13,14)15)4-7(6)9-16-8;/h4,10H,2-3H2,1H3,(H,13,14,15);/q;+1/p-1.